The van der Waals surface area contributed by atoms with Gasteiger partial charge in [-0.25, -0.2) is 0 Å². The summed E-state index contributed by atoms with van der Waals surface area (Å²) in [5.74, 6) is 2.98. The molecule has 0 amide bonds. The molecule has 2 N–H and O–H groups in total. The van der Waals surface area contributed by atoms with Gasteiger partial charge in [0.25, 0.3) is 0 Å². The van der Waals surface area contributed by atoms with E-state index in [1.807, 2.05) is 30.3 Å². The van der Waals surface area contributed by atoms with Crippen LogP contribution in [0.15, 0.2) is 47.5 Å². The van der Waals surface area contributed by atoms with E-state index in [1.165, 1.54) is 18.4 Å². The molecule has 144 valence electrons. The van der Waals surface area contributed by atoms with Gasteiger partial charge in [0.1, 0.15) is 5.75 Å². The van der Waals surface area contributed by atoms with E-state index in [0.717, 1.165) is 23.9 Å². The van der Waals surface area contributed by atoms with E-state index in [0.29, 0.717) is 11.5 Å². The molecule has 0 atom stereocenters. The van der Waals surface area contributed by atoms with Gasteiger partial charge < -0.3 is 24.8 Å². The summed E-state index contributed by atoms with van der Waals surface area (Å²) in [6.07, 6.45) is 2.33. The predicted molar refractivity (Wildman–Crippen MR) is 108 cm³/mol. The minimum atomic E-state index is 0.168. The van der Waals surface area contributed by atoms with Gasteiger partial charge in [-0.3, -0.25) is 4.99 Å². The topological polar surface area (TPSA) is 64.1 Å². The molecule has 0 heterocycles. The lowest BCUT2D eigenvalue weighted by atomic mass is 9.96. The van der Waals surface area contributed by atoms with Gasteiger partial charge in [0, 0.05) is 30.8 Å². The van der Waals surface area contributed by atoms with Crippen LogP contribution < -0.4 is 24.8 Å². The zero-order chi connectivity index (χ0) is 19.3. The van der Waals surface area contributed by atoms with Gasteiger partial charge in [0.15, 0.2) is 17.5 Å². The fourth-order valence-corrected chi connectivity index (χ4v) is 3.15. The highest BCUT2D eigenvalue weighted by molar-refractivity contribution is 5.94. The van der Waals surface area contributed by atoms with E-state index in [4.69, 9.17) is 14.2 Å². The van der Waals surface area contributed by atoms with Crippen LogP contribution in [0.5, 0.6) is 17.2 Å². The Bertz CT molecular complexity index is 799. The smallest absolute Gasteiger partial charge is 0.195 e. The molecule has 0 unspecified atom stereocenters. The fourth-order valence-electron chi connectivity index (χ4n) is 3.15. The summed E-state index contributed by atoms with van der Waals surface area (Å²) in [6.45, 7) is 0.826. The highest BCUT2D eigenvalue weighted by Gasteiger charge is 2.44. The van der Waals surface area contributed by atoms with Gasteiger partial charge in [0.2, 0.25) is 0 Å². The van der Waals surface area contributed by atoms with Crippen molar-refractivity contribution in [2.24, 2.45) is 4.99 Å². The van der Waals surface area contributed by atoms with Crippen LogP contribution in [0.25, 0.3) is 0 Å². The Balaban J connectivity index is 1.64. The van der Waals surface area contributed by atoms with Crippen molar-refractivity contribution in [3.05, 3.63) is 48.0 Å². The van der Waals surface area contributed by atoms with E-state index in [-0.39, 0.29) is 5.41 Å². The molecule has 0 saturated heterocycles. The van der Waals surface area contributed by atoms with Gasteiger partial charge in [-0.05, 0) is 42.7 Å². The third-order valence-corrected chi connectivity index (χ3v) is 5.02. The Labute approximate surface area is 160 Å². The highest BCUT2D eigenvalue weighted by Crippen LogP contribution is 2.47. The average molecular weight is 369 g/mol. The Morgan fingerprint density at radius 2 is 1.67 bits per heavy atom. The maximum atomic E-state index is 5.36. The number of hydrogen-bond donors (Lipinski definition) is 2. The maximum absolute atomic E-state index is 5.36. The van der Waals surface area contributed by atoms with Crippen molar-refractivity contribution in [2.45, 2.75) is 18.3 Å². The molecule has 0 spiro atoms. The van der Waals surface area contributed by atoms with Crippen molar-refractivity contribution in [1.29, 1.82) is 0 Å². The first-order chi connectivity index (χ1) is 13.1. The Hall–Kier alpha value is -2.89. The van der Waals surface area contributed by atoms with E-state index >= 15 is 0 Å². The lowest BCUT2D eigenvalue weighted by Gasteiger charge is -2.19. The minimum Gasteiger partial charge on any atom is -0.497 e. The van der Waals surface area contributed by atoms with E-state index < -0.39 is 0 Å². The van der Waals surface area contributed by atoms with Gasteiger partial charge >= 0.3 is 0 Å². The van der Waals surface area contributed by atoms with Crippen molar-refractivity contribution in [3.8, 4) is 17.2 Å². The molecule has 1 saturated carbocycles. The first kappa shape index (κ1) is 18.9. The zero-order valence-electron chi connectivity index (χ0n) is 16.3. The number of aliphatic imine (C=N–C) groups is 1. The lowest BCUT2D eigenvalue weighted by Crippen LogP contribution is -2.36. The van der Waals surface area contributed by atoms with Crippen LogP contribution >= 0.6 is 0 Å². The monoisotopic (exact) mass is 369 g/mol. The average Bonchev–Trinajstić information content (AvgIpc) is 3.52. The van der Waals surface area contributed by atoms with Crippen LogP contribution in [0.3, 0.4) is 0 Å². The van der Waals surface area contributed by atoms with Crippen LogP contribution in [0.4, 0.5) is 5.69 Å². The number of anilines is 1. The molecule has 0 radical (unpaired) electrons. The van der Waals surface area contributed by atoms with Crippen molar-refractivity contribution < 1.29 is 14.2 Å². The summed E-state index contributed by atoms with van der Waals surface area (Å²) in [5, 5.41) is 6.76. The molecule has 3 rings (SSSR count). The quantitative estimate of drug-likeness (QED) is 0.578. The Morgan fingerprint density at radius 3 is 2.22 bits per heavy atom. The molecule has 0 aromatic heterocycles. The van der Waals surface area contributed by atoms with Crippen LogP contribution in [0, 0.1) is 0 Å². The SMILES string of the molecule is CN=C(NCC1(c2ccc(OC)cc2)CC1)Nc1ccc(OC)c(OC)c1. The summed E-state index contributed by atoms with van der Waals surface area (Å²) in [7, 11) is 6.70. The van der Waals surface area contributed by atoms with E-state index in [1.54, 1.807) is 28.4 Å². The largest absolute Gasteiger partial charge is 0.497 e. The predicted octanol–water partition coefficient (Wildman–Crippen LogP) is 3.43. The molecular weight excluding hydrogens is 342 g/mol. The summed E-state index contributed by atoms with van der Waals surface area (Å²) in [5.41, 5.74) is 2.38. The number of hydrogen-bond acceptors (Lipinski definition) is 4. The van der Waals surface area contributed by atoms with Crippen molar-refractivity contribution in [3.63, 3.8) is 0 Å². The molecule has 1 fully saturated rings. The highest BCUT2D eigenvalue weighted by atomic mass is 16.5. The number of guanidine groups is 1. The zero-order valence-corrected chi connectivity index (χ0v) is 16.3. The molecule has 1 aliphatic rings. The molecule has 27 heavy (non-hydrogen) atoms. The Morgan fingerprint density at radius 1 is 0.963 bits per heavy atom. The molecule has 0 bridgehead atoms. The molecule has 2 aromatic carbocycles. The summed E-state index contributed by atoms with van der Waals surface area (Å²) in [6, 6.07) is 14.0. The van der Waals surface area contributed by atoms with Gasteiger partial charge in [0.05, 0.1) is 21.3 Å². The number of benzene rings is 2. The second kappa shape index (κ2) is 8.20. The number of nitrogens with zero attached hydrogens (tertiary/aromatic N) is 1. The molecule has 0 aliphatic heterocycles. The van der Waals surface area contributed by atoms with Crippen LogP contribution in [0.2, 0.25) is 0 Å². The second-order valence-electron chi connectivity index (χ2n) is 6.63. The molecular formula is C21H27N3O3. The first-order valence-corrected chi connectivity index (χ1v) is 8.98. The van der Waals surface area contributed by atoms with Crippen LogP contribution in [0.1, 0.15) is 18.4 Å². The third kappa shape index (κ3) is 4.27. The standard InChI is InChI=1S/C21H27N3O3/c1-22-20(24-16-7-10-18(26-3)19(13-16)27-4)23-14-21(11-12-21)15-5-8-17(25-2)9-6-15/h5-10,13H,11-12,14H2,1-4H3,(H2,22,23,24). The van der Waals surface area contributed by atoms with Gasteiger partial charge in [-0.2, -0.15) is 0 Å². The summed E-state index contributed by atoms with van der Waals surface area (Å²) < 4.78 is 15.9. The number of methoxy groups -OCH3 is 3. The number of rotatable bonds is 7. The molecule has 1 aliphatic carbocycles. The fraction of sp³-hybridized carbons (Fsp3) is 0.381. The molecule has 6 nitrogen and oxygen atoms in total. The first-order valence-electron chi connectivity index (χ1n) is 8.98. The Kier molecular flexibility index (Phi) is 5.74. The number of nitrogens with one attached hydrogen (secondary N) is 2. The third-order valence-electron chi connectivity index (χ3n) is 5.02. The second-order valence-corrected chi connectivity index (χ2v) is 6.63. The van der Waals surface area contributed by atoms with Crippen molar-refractivity contribution >= 4 is 11.6 Å². The molecule has 6 heteroatoms. The lowest BCUT2D eigenvalue weighted by molar-refractivity contribution is 0.355. The van der Waals surface area contributed by atoms with Gasteiger partial charge in [-0.1, -0.05) is 12.1 Å². The van der Waals surface area contributed by atoms with Crippen molar-refractivity contribution in [1.82, 2.24) is 5.32 Å². The molecule has 2 aromatic rings. The number of ether oxygens (including phenoxy) is 3. The minimum absolute atomic E-state index is 0.168. The van der Waals surface area contributed by atoms with Crippen LogP contribution in [-0.2, 0) is 5.41 Å². The van der Waals surface area contributed by atoms with Gasteiger partial charge in [-0.15, -0.1) is 0 Å². The maximum Gasteiger partial charge on any atom is 0.195 e. The van der Waals surface area contributed by atoms with Crippen molar-refractivity contribution in [2.75, 3.05) is 40.2 Å². The van der Waals surface area contributed by atoms with Crippen LogP contribution in [-0.4, -0.2) is 40.9 Å². The summed E-state index contributed by atoms with van der Waals surface area (Å²) in [4.78, 5) is 4.34. The van der Waals surface area contributed by atoms with E-state index in [2.05, 4.69) is 27.8 Å². The van der Waals surface area contributed by atoms with E-state index in [9.17, 15) is 0 Å². The normalized spacial score (nSPS) is 15.0. The summed E-state index contributed by atoms with van der Waals surface area (Å²) >= 11 is 0.